The number of aromatic nitrogens is 2. The first-order chi connectivity index (χ1) is 5.95. The van der Waals surface area contributed by atoms with Crippen molar-refractivity contribution in [1.29, 1.82) is 0 Å². The monoisotopic (exact) mass is 220 g/mol. The van der Waals surface area contributed by atoms with Gasteiger partial charge in [-0.2, -0.15) is 0 Å². The molecule has 1 rings (SSSR count). The van der Waals surface area contributed by atoms with Gasteiger partial charge >= 0.3 is 0 Å². The van der Waals surface area contributed by atoms with Gasteiger partial charge in [-0.1, -0.05) is 0 Å². The lowest BCUT2D eigenvalue weighted by atomic mass is 10.4. The summed E-state index contributed by atoms with van der Waals surface area (Å²) in [5.74, 6) is 0.525. The maximum atomic E-state index is 11.2. The molecule has 0 fully saturated rings. The normalized spacial score (nSPS) is 11.6. The molecule has 6 heteroatoms. The molecule has 0 N–H and O–H groups in total. The van der Waals surface area contributed by atoms with Crippen LogP contribution < -0.4 is 0 Å². The summed E-state index contributed by atoms with van der Waals surface area (Å²) in [6.07, 6.45) is 2.54. The molecule has 0 bridgehead atoms. The van der Waals surface area contributed by atoms with Crippen LogP contribution in [-0.2, 0) is 15.7 Å². The predicted molar refractivity (Wildman–Crippen MR) is 49.4 cm³/mol. The third-order valence-corrected chi connectivity index (χ3v) is 2.78. The zero-order chi connectivity index (χ0) is 10.1. The molecule has 72 valence electrons. The number of nitrogens with zero attached hydrogens (tertiary/aromatic N) is 2. The highest BCUT2D eigenvalue weighted by Crippen LogP contribution is 2.13. The molecule has 0 spiro atoms. The minimum atomic E-state index is -3.30. The van der Waals surface area contributed by atoms with Gasteiger partial charge in [-0.25, -0.2) is 18.4 Å². The lowest BCUT2D eigenvalue weighted by Gasteiger charge is -2.03. The van der Waals surface area contributed by atoms with Crippen LogP contribution in [0, 0.1) is 6.92 Å². The Balaban J connectivity index is 3.41. The Morgan fingerprint density at radius 1 is 1.54 bits per heavy atom. The number of hydrogen-bond donors (Lipinski definition) is 0. The SMILES string of the molecule is Cc1ncc(CCl)c(S(C)(=O)=O)n1. The quantitative estimate of drug-likeness (QED) is 0.550. The molecular formula is C7H9ClN2O2S. The summed E-state index contributed by atoms with van der Waals surface area (Å²) in [7, 11) is -3.30. The van der Waals surface area contributed by atoms with Crippen LogP contribution >= 0.6 is 11.6 Å². The van der Waals surface area contributed by atoms with E-state index in [-0.39, 0.29) is 10.9 Å². The van der Waals surface area contributed by atoms with Crippen LogP contribution in [0.3, 0.4) is 0 Å². The number of hydrogen-bond acceptors (Lipinski definition) is 4. The second-order valence-electron chi connectivity index (χ2n) is 2.65. The minimum absolute atomic E-state index is 0.0231. The fourth-order valence-electron chi connectivity index (χ4n) is 0.887. The Bertz CT molecular complexity index is 417. The summed E-state index contributed by atoms with van der Waals surface area (Å²) in [5.41, 5.74) is 0.440. The third kappa shape index (κ3) is 2.38. The molecule has 0 aliphatic heterocycles. The fraction of sp³-hybridized carbons (Fsp3) is 0.429. The second kappa shape index (κ2) is 3.59. The van der Waals surface area contributed by atoms with Crippen molar-refractivity contribution in [2.45, 2.75) is 17.8 Å². The van der Waals surface area contributed by atoms with Crippen molar-refractivity contribution < 1.29 is 8.42 Å². The highest BCUT2D eigenvalue weighted by molar-refractivity contribution is 7.90. The molecule has 0 amide bonds. The largest absolute Gasteiger partial charge is 0.241 e. The molecule has 0 aliphatic rings. The van der Waals surface area contributed by atoms with Crippen LogP contribution in [0.25, 0.3) is 0 Å². The maximum absolute atomic E-state index is 11.2. The van der Waals surface area contributed by atoms with Crippen molar-refractivity contribution in [1.82, 2.24) is 9.97 Å². The Kier molecular flexibility index (Phi) is 2.87. The van der Waals surface area contributed by atoms with E-state index in [1.165, 1.54) is 6.20 Å². The zero-order valence-corrected chi connectivity index (χ0v) is 8.85. The number of sulfone groups is 1. The molecule has 0 saturated carbocycles. The van der Waals surface area contributed by atoms with Gasteiger partial charge in [-0.3, -0.25) is 0 Å². The van der Waals surface area contributed by atoms with Crippen molar-refractivity contribution >= 4 is 21.4 Å². The first kappa shape index (κ1) is 10.4. The van der Waals surface area contributed by atoms with Gasteiger partial charge in [0.15, 0.2) is 14.9 Å². The molecule has 1 heterocycles. The van der Waals surface area contributed by atoms with E-state index in [4.69, 9.17) is 11.6 Å². The van der Waals surface area contributed by atoms with Crippen molar-refractivity contribution in [3.8, 4) is 0 Å². The second-order valence-corrected chi connectivity index (χ2v) is 4.85. The van der Waals surface area contributed by atoms with Gasteiger partial charge in [-0.15, -0.1) is 11.6 Å². The van der Waals surface area contributed by atoms with E-state index in [0.29, 0.717) is 11.4 Å². The van der Waals surface area contributed by atoms with Gasteiger partial charge in [0.2, 0.25) is 0 Å². The van der Waals surface area contributed by atoms with Gasteiger partial charge < -0.3 is 0 Å². The molecule has 1 aromatic rings. The first-order valence-corrected chi connectivity index (χ1v) is 5.96. The molecule has 0 aliphatic carbocycles. The summed E-state index contributed by atoms with van der Waals surface area (Å²) in [6, 6.07) is 0. The molecule has 0 unspecified atom stereocenters. The van der Waals surface area contributed by atoms with Gasteiger partial charge in [0.05, 0.1) is 5.88 Å². The highest BCUT2D eigenvalue weighted by atomic mass is 35.5. The van der Waals surface area contributed by atoms with E-state index in [1.54, 1.807) is 6.92 Å². The zero-order valence-electron chi connectivity index (χ0n) is 7.28. The summed E-state index contributed by atoms with van der Waals surface area (Å²) >= 11 is 5.55. The Morgan fingerprint density at radius 2 is 2.15 bits per heavy atom. The Morgan fingerprint density at radius 3 is 2.62 bits per heavy atom. The lowest BCUT2D eigenvalue weighted by molar-refractivity contribution is 0.596. The van der Waals surface area contributed by atoms with E-state index in [2.05, 4.69) is 9.97 Å². The van der Waals surface area contributed by atoms with Crippen LogP contribution in [0.1, 0.15) is 11.4 Å². The number of rotatable bonds is 2. The third-order valence-electron chi connectivity index (χ3n) is 1.44. The highest BCUT2D eigenvalue weighted by Gasteiger charge is 2.14. The standard InChI is InChI=1S/C7H9ClN2O2S/c1-5-9-4-6(3-8)7(10-5)13(2,11)12/h4H,3H2,1-2H3. The Labute approximate surface area is 81.9 Å². The summed E-state index contributed by atoms with van der Waals surface area (Å²) in [5, 5.41) is 0.0231. The molecule has 0 saturated heterocycles. The van der Waals surface area contributed by atoms with E-state index < -0.39 is 9.84 Å². The number of alkyl halides is 1. The van der Waals surface area contributed by atoms with Crippen LogP contribution in [0.4, 0.5) is 0 Å². The average molecular weight is 221 g/mol. The molecular weight excluding hydrogens is 212 g/mol. The van der Waals surface area contributed by atoms with Crippen molar-refractivity contribution in [2.75, 3.05) is 6.26 Å². The lowest BCUT2D eigenvalue weighted by Crippen LogP contribution is -2.07. The van der Waals surface area contributed by atoms with E-state index in [9.17, 15) is 8.42 Å². The molecule has 4 nitrogen and oxygen atoms in total. The predicted octanol–water partition coefficient (Wildman–Crippen LogP) is 0.927. The van der Waals surface area contributed by atoms with Gasteiger partial charge in [0, 0.05) is 18.0 Å². The number of aryl methyl sites for hydroxylation is 1. The van der Waals surface area contributed by atoms with Gasteiger partial charge in [0.1, 0.15) is 5.82 Å². The van der Waals surface area contributed by atoms with E-state index in [0.717, 1.165) is 6.26 Å². The van der Waals surface area contributed by atoms with Crippen molar-refractivity contribution in [3.63, 3.8) is 0 Å². The number of halogens is 1. The smallest absolute Gasteiger partial charge is 0.193 e. The van der Waals surface area contributed by atoms with Gasteiger partial charge in [-0.05, 0) is 6.92 Å². The molecule has 0 atom stereocenters. The molecule has 0 radical (unpaired) electrons. The van der Waals surface area contributed by atoms with Crippen LogP contribution in [-0.4, -0.2) is 24.6 Å². The molecule has 0 aromatic carbocycles. The Hall–Kier alpha value is -0.680. The fourth-order valence-corrected chi connectivity index (χ4v) is 2.06. The van der Waals surface area contributed by atoms with E-state index in [1.807, 2.05) is 0 Å². The van der Waals surface area contributed by atoms with Crippen molar-refractivity contribution in [2.24, 2.45) is 0 Å². The maximum Gasteiger partial charge on any atom is 0.193 e. The van der Waals surface area contributed by atoms with Gasteiger partial charge in [0.25, 0.3) is 0 Å². The first-order valence-electron chi connectivity index (χ1n) is 3.53. The average Bonchev–Trinajstić information content (AvgIpc) is 2.03. The van der Waals surface area contributed by atoms with Crippen LogP contribution in [0.15, 0.2) is 11.2 Å². The summed E-state index contributed by atoms with van der Waals surface area (Å²) in [6.45, 7) is 1.63. The van der Waals surface area contributed by atoms with Crippen LogP contribution in [0.5, 0.6) is 0 Å². The summed E-state index contributed by atoms with van der Waals surface area (Å²) in [4.78, 5) is 7.70. The minimum Gasteiger partial charge on any atom is -0.241 e. The van der Waals surface area contributed by atoms with Crippen LogP contribution in [0.2, 0.25) is 0 Å². The van der Waals surface area contributed by atoms with E-state index >= 15 is 0 Å². The topological polar surface area (TPSA) is 59.9 Å². The molecule has 1 aromatic heterocycles. The summed E-state index contributed by atoms with van der Waals surface area (Å²) < 4.78 is 22.4. The molecule has 13 heavy (non-hydrogen) atoms. The van der Waals surface area contributed by atoms with Crippen molar-refractivity contribution in [3.05, 3.63) is 17.6 Å².